The second kappa shape index (κ2) is 6.81. The van der Waals surface area contributed by atoms with Gasteiger partial charge in [-0.3, -0.25) is 14.5 Å². The Bertz CT molecular complexity index is 830. The molecule has 150 valence electrons. The Kier molecular flexibility index (Phi) is 4.78. The number of nitrogens with two attached hydrogens (primary N) is 1. The summed E-state index contributed by atoms with van der Waals surface area (Å²) in [6.45, 7) is 5.77. The van der Waals surface area contributed by atoms with E-state index >= 15 is 0 Å². The number of primary amides is 1. The van der Waals surface area contributed by atoms with Crippen LogP contribution in [0.5, 0.6) is 0 Å². The number of carbonyl (C=O) groups excluding carboxylic acids is 4. The summed E-state index contributed by atoms with van der Waals surface area (Å²) in [6, 6.07) is 5.88. The summed E-state index contributed by atoms with van der Waals surface area (Å²) in [5, 5.41) is 2.74. The fraction of sp³-hybridized carbons (Fsp3) is 0.474. The Balaban J connectivity index is 1.70. The molecule has 2 aliphatic heterocycles. The summed E-state index contributed by atoms with van der Waals surface area (Å²) in [6.07, 6.45) is -0.180. The lowest BCUT2D eigenvalue weighted by atomic mass is 9.99. The van der Waals surface area contributed by atoms with Crippen LogP contribution in [0.15, 0.2) is 24.3 Å². The number of urea groups is 1. The van der Waals surface area contributed by atoms with Crippen molar-refractivity contribution < 1.29 is 23.9 Å². The highest BCUT2D eigenvalue weighted by atomic mass is 16.6. The number of amides is 5. The second-order valence-corrected chi connectivity index (χ2v) is 8.12. The number of likely N-dealkylation sites (tertiary alicyclic amines) is 1. The van der Waals surface area contributed by atoms with Crippen molar-refractivity contribution in [1.29, 1.82) is 0 Å². The third-order valence-corrected chi connectivity index (χ3v) is 4.75. The average molecular weight is 388 g/mol. The van der Waals surface area contributed by atoms with E-state index in [-0.39, 0.29) is 19.0 Å². The largest absolute Gasteiger partial charge is 0.444 e. The number of imide groups is 1. The molecule has 2 fully saturated rings. The molecule has 1 spiro atoms. The molecule has 1 aromatic rings. The summed E-state index contributed by atoms with van der Waals surface area (Å²) >= 11 is 0. The molecular formula is C19H24N4O5. The van der Waals surface area contributed by atoms with Gasteiger partial charge in [-0.05, 0) is 44.9 Å². The molecule has 2 heterocycles. The van der Waals surface area contributed by atoms with Gasteiger partial charge in [0, 0.05) is 12.1 Å². The molecule has 9 nitrogen and oxygen atoms in total. The summed E-state index contributed by atoms with van der Waals surface area (Å²) in [7, 11) is 0. The van der Waals surface area contributed by atoms with Crippen LogP contribution in [0.2, 0.25) is 0 Å². The van der Waals surface area contributed by atoms with E-state index in [1.807, 2.05) is 0 Å². The number of hydrogen-bond donors (Lipinski definition) is 2. The number of hydrogen-bond acceptors (Lipinski definition) is 5. The Morgan fingerprint density at radius 3 is 2.43 bits per heavy atom. The van der Waals surface area contributed by atoms with Crippen molar-refractivity contribution in [2.24, 2.45) is 5.73 Å². The van der Waals surface area contributed by atoms with Gasteiger partial charge in [-0.25, -0.2) is 9.59 Å². The Labute approximate surface area is 162 Å². The molecule has 1 atom stereocenters. The fourth-order valence-corrected chi connectivity index (χ4v) is 3.35. The first kappa shape index (κ1) is 19.7. The normalized spacial score (nSPS) is 22.0. The lowest BCUT2D eigenvalue weighted by Gasteiger charge is -2.25. The van der Waals surface area contributed by atoms with Crippen LogP contribution in [0.1, 0.15) is 43.1 Å². The highest BCUT2D eigenvalue weighted by Crippen LogP contribution is 2.30. The third-order valence-electron chi connectivity index (χ3n) is 4.75. The first-order valence-electron chi connectivity index (χ1n) is 9.01. The van der Waals surface area contributed by atoms with E-state index in [1.165, 1.54) is 4.90 Å². The molecule has 2 saturated heterocycles. The van der Waals surface area contributed by atoms with Crippen LogP contribution in [0, 0.1) is 0 Å². The lowest BCUT2D eigenvalue weighted by Crippen LogP contribution is -2.50. The number of rotatable bonds is 3. The molecule has 3 rings (SSSR count). The highest BCUT2D eigenvalue weighted by molar-refractivity contribution is 6.07. The van der Waals surface area contributed by atoms with Gasteiger partial charge < -0.3 is 20.7 Å². The van der Waals surface area contributed by atoms with Crippen LogP contribution < -0.4 is 11.1 Å². The van der Waals surface area contributed by atoms with Gasteiger partial charge in [-0.1, -0.05) is 12.1 Å². The van der Waals surface area contributed by atoms with Crippen molar-refractivity contribution >= 4 is 23.9 Å². The molecule has 0 saturated carbocycles. The SMILES string of the molecule is CC(C)(C)OC(=O)N1CC[C@@]2(C1)NC(=O)N(Cc1ccc(C(N)=O)cc1)C2=O. The fourth-order valence-electron chi connectivity index (χ4n) is 3.35. The van der Waals surface area contributed by atoms with Crippen molar-refractivity contribution in [3.63, 3.8) is 0 Å². The summed E-state index contributed by atoms with van der Waals surface area (Å²) < 4.78 is 5.35. The monoisotopic (exact) mass is 388 g/mol. The minimum atomic E-state index is -1.12. The number of nitrogens with zero attached hydrogens (tertiary/aromatic N) is 2. The van der Waals surface area contributed by atoms with E-state index in [2.05, 4.69) is 5.32 Å². The number of carbonyl (C=O) groups is 4. The first-order valence-corrected chi connectivity index (χ1v) is 9.01. The van der Waals surface area contributed by atoms with Gasteiger partial charge in [-0.15, -0.1) is 0 Å². The molecule has 3 N–H and O–H groups in total. The van der Waals surface area contributed by atoms with E-state index in [0.717, 1.165) is 4.90 Å². The molecule has 0 radical (unpaired) electrons. The van der Waals surface area contributed by atoms with Crippen molar-refractivity contribution in [2.45, 2.75) is 44.9 Å². The van der Waals surface area contributed by atoms with E-state index in [4.69, 9.17) is 10.5 Å². The van der Waals surface area contributed by atoms with E-state index in [1.54, 1.807) is 45.0 Å². The number of nitrogens with one attached hydrogen (secondary N) is 1. The first-order chi connectivity index (χ1) is 13.0. The van der Waals surface area contributed by atoms with Crippen molar-refractivity contribution in [3.05, 3.63) is 35.4 Å². The molecule has 0 unspecified atom stereocenters. The van der Waals surface area contributed by atoms with Gasteiger partial charge in [0.2, 0.25) is 5.91 Å². The van der Waals surface area contributed by atoms with E-state index in [0.29, 0.717) is 24.1 Å². The van der Waals surface area contributed by atoms with Crippen LogP contribution in [-0.2, 0) is 16.1 Å². The van der Waals surface area contributed by atoms with Gasteiger partial charge in [0.15, 0.2) is 0 Å². The van der Waals surface area contributed by atoms with Crippen LogP contribution in [-0.4, -0.2) is 58.0 Å². The molecular weight excluding hydrogens is 364 g/mol. The van der Waals surface area contributed by atoms with E-state index < -0.39 is 29.2 Å². The molecule has 28 heavy (non-hydrogen) atoms. The highest BCUT2D eigenvalue weighted by Gasteiger charge is 2.55. The number of ether oxygens (including phenoxy) is 1. The quantitative estimate of drug-likeness (QED) is 0.754. The zero-order valence-electron chi connectivity index (χ0n) is 16.2. The van der Waals surface area contributed by atoms with E-state index in [9.17, 15) is 19.2 Å². The van der Waals surface area contributed by atoms with Crippen molar-refractivity contribution in [2.75, 3.05) is 13.1 Å². The van der Waals surface area contributed by atoms with Gasteiger partial charge in [0.05, 0.1) is 13.1 Å². The van der Waals surface area contributed by atoms with Gasteiger partial charge in [-0.2, -0.15) is 0 Å². The molecule has 1 aromatic carbocycles. The zero-order chi connectivity index (χ0) is 20.7. The third kappa shape index (κ3) is 3.78. The van der Waals surface area contributed by atoms with Crippen LogP contribution in [0.4, 0.5) is 9.59 Å². The standard InChI is InChI=1S/C19H24N4O5/c1-18(2,3)28-17(27)22-9-8-19(11-22)15(25)23(16(26)21-19)10-12-4-6-13(7-5-12)14(20)24/h4-7H,8-11H2,1-3H3,(H2,20,24)(H,21,26)/t19-/m0/s1. The minimum Gasteiger partial charge on any atom is -0.444 e. The van der Waals surface area contributed by atoms with Gasteiger partial charge in [0.25, 0.3) is 5.91 Å². The topological polar surface area (TPSA) is 122 Å². The maximum absolute atomic E-state index is 13.0. The van der Waals surface area contributed by atoms with Gasteiger partial charge >= 0.3 is 12.1 Å². The zero-order valence-corrected chi connectivity index (χ0v) is 16.2. The van der Waals surface area contributed by atoms with Crippen LogP contribution in [0.3, 0.4) is 0 Å². The minimum absolute atomic E-state index is 0.0674. The molecule has 9 heteroatoms. The van der Waals surface area contributed by atoms with Crippen molar-refractivity contribution in [1.82, 2.24) is 15.1 Å². The molecule has 0 aliphatic carbocycles. The second-order valence-electron chi connectivity index (χ2n) is 8.12. The van der Waals surface area contributed by atoms with Gasteiger partial charge in [0.1, 0.15) is 11.1 Å². The molecule has 0 bridgehead atoms. The predicted molar refractivity (Wildman–Crippen MR) is 99.2 cm³/mol. The Morgan fingerprint density at radius 2 is 1.86 bits per heavy atom. The van der Waals surface area contributed by atoms with Crippen molar-refractivity contribution in [3.8, 4) is 0 Å². The summed E-state index contributed by atoms with van der Waals surface area (Å²) in [4.78, 5) is 51.4. The Morgan fingerprint density at radius 1 is 1.21 bits per heavy atom. The maximum atomic E-state index is 13.0. The molecule has 2 aliphatic rings. The van der Waals surface area contributed by atoms with Crippen LogP contribution >= 0.6 is 0 Å². The average Bonchev–Trinajstić information content (AvgIpc) is 3.11. The lowest BCUT2D eigenvalue weighted by molar-refractivity contribution is -0.131. The summed E-state index contributed by atoms with van der Waals surface area (Å²) in [5.41, 5.74) is 4.49. The summed E-state index contributed by atoms with van der Waals surface area (Å²) in [5.74, 6) is -0.920. The maximum Gasteiger partial charge on any atom is 0.410 e. The smallest absolute Gasteiger partial charge is 0.410 e. The molecule has 0 aromatic heterocycles. The predicted octanol–water partition coefficient (Wildman–Crippen LogP) is 1.22. The Hall–Kier alpha value is -3.10. The van der Waals surface area contributed by atoms with Crippen LogP contribution in [0.25, 0.3) is 0 Å². The number of benzene rings is 1. The molecule has 5 amide bonds.